The van der Waals surface area contributed by atoms with Gasteiger partial charge in [0.1, 0.15) is 11.2 Å². The van der Waals surface area contributed by atoms with Gasteiger partial charge in [0, 0.05) is 41.6 Å². The van der Waals surface area contributed by atoms with E-state index in [1.807, 2.05) is 17.4 Å². The van der Waals surface area contributed by atoms with Crippen LogP contribution >= 0.6 is 19.3 Å². The first kappa shape index (κ1) is 19.1. The lowest BCUT2D eigenvalue weighted by molar-refractivity contribution is 0.671. The average Bonchev–Trinajstić information content (AvgIpc) is 3.44. The van der Waals surface area contributed by atoms with E-state index in [9.17, 15) is 0 Å². The van der Waals surface area contributed by atoms with E-state index < -0.39 is 7.92 Å². The van der Waals surface area contributed by atoms with Crippen molar-refractivity contribution >= 4 is 77.3 Å². The zero-order valence-corrected chi connectivity index (χ0v) is 19.4. The Morgan fingerprint density at radius 2 is 1.18 bits per heavy atom. The quantitative estimate of drug-likeness (QED) is 0.247. The van der Waals surface area contributed by atoms with E-state index in [0.717, 1.165) is 11.2 Å². The summed E-state index contributed by atoms with van der Waals surface area (Å²) in [6, 6.07) is 41.4. The molecule has 2 aromatic heterocycles. The van der Waals surface area contributed by atoms with Gasteiger partial charge in [0.2, 0.25) is 0 Å². The molecule has 0 saturated carbocycles. The second-order valence-corrected chi connectivity index (χ2v) is 11.4. The zero-order chi connectivity index (χ0) is 21.8. The van der Waals surface area contributed by atoms with Crippen molar-refractivity contribution in [3.63, 3.8) is 0 Å². The highest BCUT2D eigenvalue weighted by atomic mass is 32.1. The maximum atomic E-state index is 6.50. The molecule has 0 spiro atoms. The fourth-order valence-electron chi connectivity index (χ4n) is 4.80. The molecule has 0 fully saturated rings. The third kappa shape index (κ3) is 2.95. The minimum Gasteiger partial charge on any atom is -0.455 e. The van der Waals surface area contributed by atoms with E-state index >= 15 is 0 Å². The molecule has 5 aromatic carbocycles. The Kier molecular flexibility index (Phi) is 4.36. The van der Waals surface area contributed by atoms with Crippen LogP contribution in [0.25, 0.3) is 42.1 Å². The summed E-state index contributed by atoms with van der Waals surface area (Å²) >= 11 is 1.90. The highest BCUT2D eigenvalue weighted by Crippen LogP contribution is 2.43. The van der Waals surface area contributed by atoms with E-state index in [-0.39, 0.29) is 0 Å². The molecule has 1 nitrogen and oxygen atoms in total. The van der Waals surface area contributed by atoms with Crippen LogP contribution in [0.4, 0.5) is 0 Å². The summed E-state index contributed by atoms with van der Waals surface area (Å²) < 4.78 is 9.21. The Morgan fingerprint density at radius 1 is 0.515 bits per heavy atom. The number of hydrogen-bond acceptors (Lipinski definition) is 2. The van der Waals surface area contributed by atoms with Crippen LogP contribution in [-0.4, -0.2) is 0 Å². The number of rotatable bonds is 3. The van der Waals surface area contributed by atoms with Gasteiger partial charge < -0.3 is 4.42 Å². The number of para-hydroxylation sites is 2. The highest BCUT2D eigenvalue weighted by Gasteiger charge is 2.24. The Morgan fingerprint density at radius 3 is 2.06 bits per heavy atom. The maximum absolute atomic E-state index is 6.50. The number of fused-ring (bicyclic) bond motifs is 6. The lowest BCUT2D eigenvalue weighted by atomic mass is 10.1. The van der Waals surface area contributed by atoms with Gasteiger partial charge in [0.25, 0.3) is 0 Å². The van der Waals surface area contributed by atoms with Gasteiger partial charge in [-0.25, -0.2) is 0 Å². The minimum atomic E-state index is -0.803. The first-order valence-electron chi connectivity index (χ1n) is 11.0. The summed E-state index contributed by atoms with van der Waals surface area (Å²) in [6.45, 7) is 0. The molecule has 0 bridgehead atoms. The fourth-order valence-corrected chi connectivity index (χ4v) is 8.78. The third-order valence-corrected chi connectivity index (χ3v) is 10.1. The molecule has 1 atom stereocenters. The molecule has 7 aromatic rings. The summed E-state index contributed by atoms with van der Waals surface area (Å²) in [6.07, 6.45) is 0. The van der Waals surface area contributed by atoms with Crippen molar-refractivity contribution < 1.29 is 4.42 Å². The maximum Gasteiger partial charge on any atom is 0.143 e. The van der Waals surface area contributed by atoms with Crippen LogP contribution < -0.4 is 15.9 Å². The van der Waals surface area contributed by atoms with Gasteiger partial charge in [-0.3, -0.25) is 0 Å². The van der Waals surface area contributed by atoms with Crippen molar-refractivity contribution in [2.24, 2.45) is 0 Å². The molecule has 0 aliphatic rings. The Bertz CT molecular complexity index is 1660. The molecule has 0 N–H and O–H groups in total. The van der Waals surface area contributed by atoms with E-state index in [4.69, 9.17) is 4.42 Å². The van der Waals surface area contributed by atoms with Crippen LogP contribution in [0.5, 0.6) is 0 Å². The van der Waals surface area contributed by atoms with Gasteiger partial charge in [-0.15, -0.1) is 11.3 Å². The normalized spacial score (nSPS) is 12.7. The van der Waals surface area contributed by atoms with E-state index in [2.05, 4.69) is 109 Å². The van der Waals surface area contributed by atoms with Crippen molar-refractivity contribution in [3.05, 3.63) is 115 Å². The Balaban J connectivity index is 1.58. The van der Waals surface area contributed by atoms with E-state index in [0.29, 0.717) is 0 Å². The standard InChI is InChI=1S/C30H19OPS/c1-2-10-20(11-3-1)32(26-17-8-14-23-21-12-4-6-16-25(21)31-29(23)26)27-18-9-15-24-22-13-5-7-19-28(22)33-30(24)27/h1-19H. The van der Waals surface area contributed by atoms with Crippen LogP contribution in [0.15, 0.2) is 120 Å². The van der Waals surface area contributed by atoms with Crippen molar-refractivity contribution in [1.29, 1.82) is 0 Å². The lowest BCUT2D eigenvalue weighted by Gasteiger charge is -2.20. The summed E-state index contributed by atoms with van der Waals surface area (Å²) in [5.74, 6) is 0. The van der Waals surface area contributed by atoms with Crippen molar-refractivity contribution in [2.45, 2.75) is 0 Å². The van der Waals surface area contributed by atoms with Gasteiger partial charge >= 0.3 is 0 Å². The van der Waals surface area contributed by atoms with Gasteiger partial charge in [-0.05, 0) is 25.4 Å². The monoisotopic (exact) mass is 458 g/mol. The Labute approximate surface area is 196 Å². The van der Waals surface area contributed by atoms with Crippen LogP contribution in [0.1, 0.15) is 0 Å². The fraction of sp³-hybridized carbons (Fsp3) is 0. The predicted molar refractivity (Wildman–Crippen MR) is 145 cm³/mol. The number of benzene rings is 5. The van der Waals surface area contributed by atoms with Crippen LogP contribution in [-0.2, 0) is 0 Å². The molecule has 7 rings (SSSR count). The topological polar surface area (TPSA) is 13.1 Å². The molecule has 3 heteroatoms. The average molecular weight is 459 g/mol. The molecule has 0 aliphatic heterocycles. The first-order chi connectivity index (χ1) is 16.4. The molecule has 156 valence electrons. The van der Waals surface area contributed by atoms with Crippen molar-refractivity contribution in [2.75, 3.05) is 0 Å². The first-order valence-corrected chi connectivity index (χ1v) is 13.2. The highest BCUT2D eigenvalue weighted by molar-refractivity contribution is 7.81. The summed E-state index contributed by atoms with van der Waals surface area (Å²) in [7, 11) is -0.803. The Hall–Kier alpha value is -3.45. The van der Waals surface area contributed by atoms with Gasteiger partial charge in [-0.1, -0.05) is 103 Å². The van der Waals surface area contributed by atoms with Gasteiger partial charge in [0.05, 0.1) is 0 Å². The molecule has 0 saturated heterocycles. The number of furan rings is 1. The molecule has 1 unspecified atom stereocenters. The van der Waals surface area contributed by atoms with Crippen LogP contribution in [0, 0.1) is 0 Å². The lowest BCUT2D eigenvalue weighted by Crippen LogP contribution is -2.21. The smallest absolute Gasteiger partial charge is 0.143 e. The van der Waals surface area contributed by atoms with Crippen molar-refractivity contribution in [3.8, 4) is 0 Å². The molecular weight excluding hydrogens is 439 g/mol. The van der Waals surface area contributed by atoms with E-state index in [1.165, 1.54) is 46.9 Å². The molecule has 0 aliphatic carbocycles. The number of hydrogen-bond donors (Lipinski definition) is 0. The van der Waals surface area contributed by atoms with E-state index in [1.54, 1.807) is 0 Å². The largest absolute Gasteiger partial charge is 0.455 e. The minimum absolute atomic E-state index is 0.803. The molecular formula is C30H19OPS. The SMILES string of the molecule is c1ccc(P(c2cccc3c2oc2ccccc23)c2cccc3c2sc2ccccc23)cc1. The van der Waals surface area contributed by atoms with Gasteiger partial charge in [-0.2, -0.15) is 0 Å². The second kappa shape index (κ2) is 7.56. The van der Waals surface area contributed by atoms with Gasteiger partial charge in [0.15, 0.2) is 0 Å². The third-order valence-electron chi connectivity index (χ3n) is 6.26. The number of thiophene rings is 1. The second-order valence-electron chi connectivity index (χ2n) is 8.18. The molecule has 0 radical (unpaired) electrons. The molecule has 0 amide bonds. The molecule has 33 heavy (non-hydrogen) atoms. The summed E-state index contributed by atoms with van der Waals surface area (Å²) in [4.78, 5) is 0. The zero-order valence-electron chi connectivity index (χ0n) is 17.7. The summed E-state index contributed by atoms with van der Waals surface area (Å²) in [5, 5.41) is 9.05. The summed E-state index contributed by atoms with van der Waals surface area (Å²) in [5.41, 5.74) is 1.95. The van der Waals surface area contributed by atoms with Crippen molar-refractivity contribution in [1.82, 2.24) is 0 Å². The van der Waals surface area contributed by atoms with Crippen LogP contribution in [0.2, 0.25) is 0 Å². The predicted octanol–water partition coefficient (Wildman–Crippen LogP) is 7.71. The van der Waals surface area contributed by atoms with Crippen LogP contribution in [0.3, 0.4) is 0 Å². The molecule has 2 heterocycles.